The summed E-state index contributed by atoms with van der Waals surface area (Å²) in [6.07, 6.45) is 0. The van der Waals surface area contributed by atoms with Gasteiger partial charge in [-0.25, -0.2) is 0 Å². The molecule has 1 heterocycles. The number of carbonyl (C=O) groups excluding carboxylic acids is 1. The SMILES string of the molecule is CCn1c(=NC(=O)c2cc([N+](=O)[O-])cc([N+](=O)[O-])c2)sc2c(OC)ccc(OC)c21. The van der Waals surface area contributed by atoms with Crippen LogP contribution in [0.25, 0.3) is 10.2 Å². The van der Waals surface area contributed by atoms with Gasteiger partial charge in [-0.2, -0.15) is 4.99 Å². The first-order valence-corrected chi connectivity index (χ1v) is 9.39. The molecule has 0 aliphatic heterocycles. The van der Waals surface area contributed by atoms with Gasteiger partial charge in [-0.15, -0.1) is 0 Å². The number of nitro benzene ring substituents is 2. The number of hydrogen-bond acceptors (Lipinski definition) is 8. The largest absolute Gasteiger partial charge is 0.495 e. The van der Waals surface area contributed by atoms with E-state index < -0.39 is 27.1 Å². The Kier molecular flexibility index (Phi) is 5.78. The van der Waals surface area contributed by atoms with Crippen molar-refractivity contribution in [1.82, 2.24) is 4.57 Å². The van der Waals surface area contributed by atoms with Crippen LogP contribution >= 0.6 is 11.3 Å². The van der Waals surface area contributed by atoms with Crippen molar-refractivity contribution in [3.05, 3.63) is 60.9 Å². The molecular formula is C18H16N4O7S. The van der Waals surface area contributed by atoms with Crippen molar-refractivity contribution in [2.45, 2.75) is 13.5 Å². The summed E-state index contributed by atoms with van der Waals surface area (Å²) in [4.78, 5) is 37.7. The van der Waals surface area contributed by atoms with Crippen LogP contribution in [0.15, 0.2) is 35.3 Å². The van der Waals surface area contributed by atoms with E-state index in [9.17, 15) is 25.0 Å². The van der Waals surface area contributed by atoms with Gasteiger partial charge in [0.15, 0.2) is 4.80 Å². The molecule has 0 atom stereocenters. The molecule has 0 bridgehead atoms. The summed E-state index contributed by atoms with van der Waals surface area (Å²) in [7, 11) is 3.03. The van der Waals surface area contributed by atoms with Crippen LogP contribution in [0.4, 0.5) is 11.4 Å². The van der Waals surface area contributed by atoms with Crippen molar-refractivity contribution < 1.29 is 24.1 Å². The van der Waals surface area contributed by atoms with Crippen LogP contribution in [0.1, 0.15) is 17.3 Å². The number of aromatic nitrogens is 1. The number of ether oxygens (including phenoxy) is 2. The number of nitro groups is 2. The van der Waals surface area contributed by atoms with Crippen LogP contribution in [0, 0.1) is 20.2 Å². The van der Waals surface area contributed by atoms with Gasteiger partial charge < -0.3 is 14.0 Å². The Labute approximate surface area is 173 Å². The van der Waals surface area contributed by atoms with Crippen molar-refractivity contribution >= 4 is 38.8 Å². The number of methoxy groups -OCH3 is 2. The molecule has 3 rings (SSSR count). The van der Waals surface area contributed by atoms with E-state index in [0.717, 1.165) is 18.2 Å². The van der Waals surface area contributed by atoms with Gasteiger partial charge in [0.25, 0.3) is 17.3 Å². The van der Waals surface area contributed by atoms with E-state index in [1.54, 1.807) is 16.7 Å². The summed E-state index contributed by atoms with van der Waals surface area (Å²) in [6.45, 7) is 2.30. The van der Waals surface area contributed by atoms with Gasteiger partial charge in [-0.05, 0) is 19.1 Å². The topological polar surface area (TPSA) is 139 Å². The quantitative estimate of drug-likeness (QED) is 0.430. The van der Waals surface area contributed by atoms with Crippen molar-refractivity contribution in [2.24, 2.45) is 4.99 Å². The Hall–Kier alpha value is -3.80. The molecule has 0 spiro atoms. The zero-order chi connectivity index (χ0) is 22.0. The van der Waals surface area contributed by atoms with Crippen LogP contribution in [0.5, 0.6) is 11.5 Å². The van der Waals surface area contributed by atoms with Crippen LogP contribution in [0.3, 0.4) is 0 Å². The second kappa shape index (κ2) is 8.29. The maximum absolute atomic E-state index is 12.7. The number of fused-ring (bicyclic) bond motifs is 1. The van der Waals surface area contributed by atoms with E-state index in [4.69, 9.17) is 9.47 Å². The normalized spacial score (nSPS) is 11.5. The highest BCUT2D eigenvalue weighted by molar-refractivity contribution is 7.16. The monoisotopic (exact) mass is 432 g/mol. The zero-order valence-electron chi connectivity index (χ0n) is 16.1. The molecule has 0 fully saturated rings. The lowest BCUT2D eigenvalue weighted by atomic mass is 10.1. The Balaban J connectivity index is 2.24. The van der Waals surface area contributed by atoms with E-state index >= 15 is 0 Å². The second-order valence-corrected chi connectivity index (χ2v) is 6.92. The van der Waals surface area contributed by atoms with Crippen LogP contribution in [0.2, 0.25) is 0 Å². The van der Waals surface area contributed by atoms with Crippen molar-refractivity contribution in [3.8, 4) is 11.5 Å². The Morgan fingerprint density at radius 2 is 1.63 bits per heavy atom. The van der Waals surface area contributed by atoms with Crippen LogP contribution in [-0.2, 0) is 6.54 Å². The van der Waals surface area contributed by atoms with Gasteiger partial charge in [0, 0.05) is 18.7 Å². The van der Waals surface area contributed by atoms with Crippen molar-refractivity contribution in [2.75, 3.05) is 14.2 Å². The lowest BCUT2D eigenvalue weighted by Gasteiger charge is -2.08. The summed E-state index contributed by atoms with van der Waals surface area (Å²) in [5.74, 6) is 0.287. The first-order chi connectivity index (χ1) is 14.3. The number of hydrogen-bond donors (Lipinski definition) is 0. The van der Waals surface area contributed by atoms with Crippen molar-refractivity contribution in [1.29, 1.82) is 0 Å². The Morgan fingerprint density at radius 1 is 1.07 bits per heavy atom. The third-order valence-electron chi connectivity index (χ3n) is 4.28. The lowest BCUT2D eigenvalue weighted by molar-refractivity contribution is -0.394. The minimum atomic E-state index is -0.839. The minimum absolute atomic E-state index is 0.255. The van der Waals surface area contributed by atoms with Crippen LogP contribution in [-0.4, -0.2) is 34.5 Å². The van der Waals surface area contributed by atoms with E-state index in [2.05, 4.69) is 4.99 Å². The Bertz CT molecular complexity index is 1210. The number of nitrogens with zero attached hydrogens (tertiary/aromatic N) is 4. The number of non-ortho nitro benzene ring substituents is 2. The summed E-state index contributed by atoms with van der Waals surface area (Å²) >= 11 is 1.18. The maximum atomic E-state index is 12.7. The average Bonchev–Trinajstić information content (AvgIpc) is 3.10. The van der Waals surface area contributed by atoms with Gasteiger partial charge in [0.05, 0.1) is 35.7 Å². The molecule has 0 aliphatic rings. The first-order valence-electron chi connectivity index (χ1n) is 8.58. The minimum Gasteiger partial charge on any atom is -0.495 e. The highest BCUT2D eigenvalue weighted by atomic mass is 32.1. The van der Waals surface area contributed by atoms with E-state index in [1.807, 2.05) is 6.92 Å². The molecule has 0 saturated carbocycles. The number of amides is 1. The number of carbonyl (C=O) groups is 1. The molecule has 11 nitrogen and oxygen atoms in total. The van der Waals surface area contributed by atoms with E-state index in [0.29, 0.717) is 33.1 Å². The maximum Gasteiger partial charge on any atom is 0.280 e. The molecule has 0 radical (unpaired) electrons. The number of thiazole rings is 1. The van der Waals surface area contributed by atoms with Gasteiger partial charge in [-0.1, -0.05) is 11.3 Å². The second-order valence-electron chi connectivity index (χ2n) is 5.95. The fourth-order valence-corrected chi connectivity index (χ4v) is 4.11. The fourth-order valence-electron chi connectivity index (χ4n) is 2.91. The van der Waals surface area contributed by atoms with Gasteiger partial charge in [0.2, 0.25) is 0 Å². The molecule has 1 aromatic heterocycles. The van der Waals surface area contributed by atoms with E-state index in [-0.39, 0.29) is 5.56 Å². The standard InChI is InChI=1S/C18H16N4O7S/c1-4-20-15-13(28-2)5-6-14(29-3)16(15)30-18(20)19-17(23)10-7-11(21(24)25)9-12(8-10)22(26)27/h5-9H,4H2,1-3H3. The van der Waals surface area contributed by atoms with Crippen molar-refractivity contribution in [3.63, 3.8) is 0 Å². The molecule has 1 amide bonds. The molecule has 12 heteroatoms. The lowest BCUT2D eigenvalue weighted by Crippen LogP contribution is -2.16. The molecule has 30 heavy (non-hydrogen) atoms. The van der Waals surface area contributed by atoms with Gasteiger partial charge in [-0.3, -0.25) is 25.0 Å². The third kappa shape index (κ3) is 3.72. The average molecular weight is 432 g/mol. The Morgan fingerprint density at radius 3 is 2.13 bits per heavy atom. The van der Waals surface area contributed by atoms with Gasteiger partial charge in [0.1, 0.15) is 21.7 Å². The highest BCUT2D eigenvalue weighted by Crippen LogP contribution is 2.35. The smallest absolute Gasteiger partial charge is 0.280 e. The third-order valence-corrected chi connectivity index (χ3v) is 5.37. The highest BCUT2D eigenvalue weighted by Gasteiger charge is 2.21. The molecule has 0 aliphatic carbocycles. The predicted molar refractivity (Wildman–Crippen MR) is 108 cm³/mol. The molecular weight excluding hydrogens is 416 g/mol. The molecule has 0 N–H and O–H groups in total. The predicted octanol–water partition coefficient (Wildman–Crippen LogP) is 3.30. The van der Waals surface area contributed by atoms with Crippen LogP contribution < -0.4 is 14.3 Å². The summed E-state index contributed by atoms with van der Waals surface area (Å²) < 4.78 is 13.2. The zero-order valence-corrected chi connectivity index (χ0v) is 17.0. The molecule has 2 aromatic carbocycles. The number of benzene rings is 2. The van der Waals surface area contributed by atoms with Gasteiger partial charge >= 0.3 is 0 Å². The van der Waals surface area contributed by atoms with E-state index in [1.165, 1.54) is 25.6 Å². The molecule has 156 valence electrons. The molecule has 0 unspecified atom stereocenters. The summed E-state index contributed by atoms with van der Waals surface area (Å²) in [6, 6.07) is 6.17. The molecule has 3 aromatic rings. The first kappa shape index (κ1) is 20.9. The molecule has 0 saturated heterocycles. The number of aryl methyl sites for hydroxylation is 1. The fraction of sp³-hybridized carbons (Fsp3) is 0.222. The number of rotatable bonds is 6. The summed E-state index contributed by atoms with van der Waals surface area (Å²) in [5, 5.41) is 22.2. The summed E-state index contributed by atoms with van der Waals surface area (Å²) in [5.41, 5.74) is -0.701.